The molecular weight excluding hydrogens is 238 g/mol. The van der Waals surface area contributed by atoms with Gasteiger partial charge in [-0.05, 0) is 24.6 Å². The van der Waals surface area contributed by atoms with Gasteiger partial charge in [-0.2, -0.15) is 0 Å². The van der Waals surface area contributed by atoms with Crippen LogP contribution in [0.2, 0.25) is 0 Å². The quantitative estimate of drug-likeness (QED) is 0.775. The molecule has 1 fully saturated rings. The van der Waals surface area contributed by atoms with E-state index in [0.717, 1.165) is 11.3 Å². The van der Waals surface area contributed by atoms with Crippen molar-refractivity contribution in [2.75, 3.05) is 13.7 Å². The molecule has 0 aliphatic carbocycles. The summed E-state index contributed by atoms with van der Waals surface area (Å²) in [7, 11) is 1.64. The maximum atomic E-state index is 11.8. The molecule has 0 saturated carbocycles. The Morgan fingerprint density at radius 1 is 1.53 bits per heavy atom. The van der Waals surface area contributed by atoms with Gasteiger partial charge in [0.1, 0.15) is 5.75 Å². The summed E-state index contributed by atoms with van der Waals surface area (Å²) in [5.74, 6) is 0.934. The van der Waals surface area contributed by atoms with Crippen LogP contribution >= 0.6 is 11.6 Å². The van der Waals surface area contributed by atoms with Crippen LogP contribution in [0.5, 0.6) is 5.75 Å². The lowest BCUT2D eigenvalue weighted by atomic mass is 10.1. The molecule has 2 unspecified atom stereocenters. The molecule has 1 aliphatic rings. The first-order valence-corrected chi connectivity index (χ1v) is 6.13. The predicted octanol–water partition coefficient (Wildman–Crippen LogP) is 2.60. The lowest BCUT2D eigenvalue weighted by molar-refractivity contribution is -0.129. The van der Waals surface area contributed by atoms with Gasteiger partial charge in [-0.15, -0.1) is 11.6 Å². The smallest absolute Gasteiger partial charge is 0.224 e. The zero-order valence-corrected chi connectivity index (χ0v) is 10.8. The number of alkyl halides is 1. The molecule has 0 aromatic heterocycles. The number of halogens is 1. The molecule has 1 aromatic rings. The molecule has 1 saturated heterocycles. The lowest BCUT2D eigenvalue weighted by Crippen LogP contribution is -2.28. The van der Waals surface area contributed by atoms with Gasteiger partial charge in [0, 0.05) is 13.0 Å². The molecule has 2 atom stereocenters. The van der Waals surface area contributed by atoms with E-state index < -0.39 is 0 Å². The van der Waals surface area contributed by atoms with E-state index >= 15 is 0 Å². The largest absolute Gasteiger partial charge is 0.497 e. The summed E-state index contributed by atoms with van der Waals surface area (Å²) in [4.78, 5) is 13.6. The van der Waals surface area contributed by atoms with Crippen molar-refractivity contribution in [1.29, 1.82) is 0 Å². The van der Waals surface area contributed by atoms with Crippen molar-refractivity contribution < 1.29 is 9.53 Å². The van der Waals surface area contributed by atoms with E-state index in [1.807, 2.05) is 36.1 Å². The first-order chi connectivity index (χ1) is 8.11. The second-order valence-corrected chi connectivity index (χ2v) is 4.92. The second-order valence-electron chi connectivity index (χ2n) is 4.30. The highest BCUT2D eigenvalue weighted by Crippen LogP contribution is 2.29. The number of amides is 1. The molecule has 0 bridgehead atoms. The number of carbonyl (C=O) groups excluding carboxylic acids is 1. The third-order valence-corrected chi connectivity index (χ3v) is 3.45. The van der Waals surface area contributed by atoms with Crippen LogP contribution in [0.3, 0.4) is 0 Å². The van der Waals surface area contributed by atoms with Gasteiger partial charge in [0.05, 0.1) is 18.5 Å². The average Bonchev–Trinajstić information content (AvgIpc) is 2.67. The van der Waals surface area contributed by atoms with Crippen LogP contribution in [-0.2, 0) is 4.79 Å². The summed E-state index contributed by atoms with van der Waals surface area (Å²) in [5.41, 5.74) is 1.07. The third kappa shape index (κ3) is 2.55. The highest BCUT2D eigenvalue weighted by Gasteiger charge is 2.31. The summed E-state index contributed by atoms with van der Waals surface area (Å²) in [6.45, 7) is 2.64. The fourth-order valence-electron chi connectivity index (χ4n) is 2.14. The third-order valence-electron chi connectivity index (χ3n) is 3.15. The van der Waals surface area contributed by atoms with Crippen molar-refractivity contribution >= 4 is 17.5 Å². The molecule has 4 heteroatoms. The summed E-state index contributed by atoms with van der Waals surface area (Å²) in [6.07, 6.45) is 0.440. The Bertz CT molecular complexity index is 422. The number of hydrogen-bond acceptors (Lipinski definition) is 2. The van der Waals surface area contributed by atoms with Gasteiger partial charge < -0.3 is 9.64 Å². The van der Waals surface area contributed by atoms with Crippen molar-refractivity contribution in [1.82, 2.24) is 4.90 Å². The number of hydrogen-bond donors (Lipinski definition) is 0. The van der Waals surface area contributed by atoms with Crippen molar-refractivity contribution in [3.05, 3.63) is 29.8 Å². The number of carbonyl (C=O) groups is 1. The zero-order valence-electron chi connectivity index (χ0n) is 10.0. The van der Waals surface area contributed by atoms with Gasteiger partial charge in [0.15, 0.2) is 0 Å². The minimum absolute atomic E-state index is 0.0429. The zero-order chi connectivity index (χ0) is 12.4. The van der Waals surface area contributed by atoms with E-state index in [2.05, 4.69) is 0 Å². The van der Waals surface area contributed by atoms with E-state index in [1.165, 1.54) is 0 Å². The molecule has 1 aromatic carbocycles. The summed E-state index contributed by atoms with van der Waals surface area (Å²) in [5, 5.41) is -0.0597. The first-order valence-electron chi connectivity index (χ1n) is 5.69. The van der Waals surface area contributed by atoms with Crippen LogP contribution < -0.4 is 4.74 Å². The SMILES string of the molecule is COc1cccc(C(C)N2CC(Cl)CC2=O)c1. The number of likely N-dealkylation sites (tertiary alicyclic amines) is 1. The van der Waals surface area contributed by atoms with Gasteiger partial charge in [0.25, 0.3) is 0 Å². The molecule has 17 heavy (non-hydrogen) atoms. The van der Waals surface area contributed by atoms with Crippen LogP contribution in [0.4, 0.5) is 0 Å². The van der Waals surface area contributed by atoms with E-state index in [0.29, 0.717) is 13.0 Å². The topological polar surface area (TPSA) is 29.5 Å². The fourth-order valence-corrected chi connectivity index (χ4v) is 2.42. The monoisotopic (exact) mass is 253 g/mol. The Morgan fingerprint density at radius 3 is 2.88 bits per heavy atom. The number of rotatable bonds is 3. The minimum atomic E-state index is -0.0597. The van der Waals surface area contributed by atoms with E-state index in [4.69, 9.17) is 16.3 Å². The van der Waals surface area contributed by atoms with E-state index in [9.17, 15) is 4.79 Å². The van der Waals surface area contributed by atoms with Crippen molar-refractivity contribution in [2.45, 2.75) is 24.8 Å². The molecule has 1 heterocycles. The molecule has 1 aliphatic heterocycles. The molecule has 0 spiro atoms. The standard InChI is InChI=1S/C13H16ClNO2/c1-9(15-8-11(14)7-13(15)16)10-4-3-5-12(6-10)17-2/h3-6,9,11H,7-8H2,1-2H3. The number of ether oxygens (including phenoxy) is 1. The molecule has 92 valence electrons. The van der Waals surface area contributed by atoms with Gasteiger partial charge in [-0.1, -0.05) is 12.1 Å². The molecule has 1 amide bonds. The van der Waals surface area contributed by atoms with E-state index in [-0.39, 0.29) is 17.3 Å². The van der Waals surface area contributed by atoms with Crippen molar-refractivity contribution in [2.24, 2.45) is 0 Å². The van der Waals surface area contributed by atoms with Gasteiger partial charge in [-0.3, -0.25) is 4.79 Å². The fraction of sp³-hybridized carbons (Fsp3) is 0.462. The van der Waals surface area contributed by atoms with Crippen LogP contribution in [0, 0.1) is 0 Å². The Balaban J connectivity index is 2.18. The van der Waals surface area contributed by atoms with Crippen molar-refractivity contribution in [3.63, 3.8) is 0 Å². The maximum absolute atomic E-state index is 11.8. The van der Waals surface area contributed by atoms with Crippen LogP contribution in [0.25, 0.3) is 0 Å². The summed E-state index contributed by atoms with van der Waals surface area (Å²) >= 11 is 6.00. The first kappa shape index (κ1) is 12.2. The minimum Gasteiger partial charge on any atom is -0.497 e. The maximum Gasteiger partial charge on any atom is 0.224 e. The van der Waals surface area contributed by atoms with Crippen molar-refractivity contribution in [3.8, 4) is 5.75 Å². The highest BCUT2D eigenvalue weighted by atomic mass is 35.5. The van der Waals surface area contributed by atoms with E-state index in [1.54, 1.807) is 7.11 Å². The number of benzene rings is 1. The van der Waals surface area contributed by atoms with Gasteiger partial charge in [-0.25, -0.2) is 0 Å². The second kappa shape index (κ2) is 4.96. The summed E-state index contributed by atoms with van der Waals surface area (Å²) in [6, 6.07) is 7.83. The molecular formula is C13H16ClNO2. The average molecular weight is 254 g/mol. The Labute approximate surface area is 106 Å². The Hall–Kier alpha value is -1.22. The van der Waals surface area contributed by atoms with Crippen LogP contribution in [0.15, 0.2) is 24.3 Å². The Morgan fingerprint density at radius 2 is 2.29 bits per heavy atom. The van der Waals surface area contributed by atoms with Crippen LogP contribution in [-0.4, -0.2) is 29.8 Å². The van der Waals surface area contributed by atoms with Gasteiger partial charge in [0.2, 0.25) is 5.91 Å². The summed E-state index contributed by atoms with van der Waals surface area (Å²) < 4.78 is 5.19. The lowest BCUT2D eigenvalue weighted by Gasteiger charge is -2.25. The molecule has 0 N–H and O–H groups in total. The normalized spacial score (nSPS) is 21.7. The van der Waals surface area contributed by atoms with Gasteiger partial charge >= 0.3 is 0 Å². The highest BCUT2D eigenvalue weighted by molar-refractivity contribution is 6.22. The van der Waals surface area contributed by atoms with Crippen LogP contribution in [0.1, 0.15) is 24.9 Å². The predicted molar refractivity (Wildman–Crippen MR) is 67.4 cm³/mol. The number of methoxy groups -OCH3 is 1. The Kier molecular flexibility index (Phi) is 3.57. The molecule has 0 radical (unpaired) electrons. The number of nitrogens with zero attached hydrogens (tertiary/aromatic N) is 1. The molecule has 2 rings (SSSR count). The molecule has 3 nitrogen and oxygen atoms in total.